The molecule has 134 valence electrons. The second-order valence-electron chi connectivity index (χ2n) is 6.30. The van der Waals surface area contributed by atoms with E-state index in [9.17, 15) is 9.59 Å². The minimum absolute atomic E-state index is 0.253. The maximum Gasteiger partial charge on any atom is 0.323 e. The van der Waals surface area contributed by atoms with Gasteiger partial charge in [0, 0.05) is 30.8 Å². The lowest BCUT2D eigenvalue weighted by atomic mass is 10.1. The predicted molar refractivity (Wildman–Crippen MR) is 100 cm³/mol. The molecule has 0 saturated carbocycles. The summed E-state index contributed by atoms with van der Waals surface area (Å²) in [6.45, 7) is 2.73. The molecule has 0 atom stereocenters. The van der Waals surface area contributed by atoms with Crippen LogP contribution in [0.25, 0.3) is 0 Å². The molecule has 0 unspecified atom stereocenters. The molecule has 0 spiro atoms. The van der Waals surface area contributed by atoms with Crippen molar-refractivity contribution in [3.05, 3.63) is 65.7 Å². The molecule has 1 N–H and O–H groups in total. The van der Waals surface area contributed by atoms with E-state index in [1.807, 2.05) is 54.4 Å². The van der Waals surface area contributed by atoms with Crippen LogP contribution < -0.4 is 5.01 Å². The highest BCUT2D eigenvalue weighted by Gasteiger charge is 2.20. The van der Waals surface area contributed by atoms with Crippen molar-refractivity contribution in [2.24, 2.45) is 5.10 Å². The van der Waals surface area contributed by atoms with Crippen LogP contribution in [0.1, 0.15) is 29.3 Å². The van der Waals surface area contributed by atoms with Crippen molar-refractivity contribution in [1.82, 2.24) is 4.90 Å². The summed E-state index contributed by atoms with van der Waals surface area (Å²) in [6.07, 6.45) is 0.935. The molecule has 1 heterocycles. The first-order valence-corrected chi connectivity index (χ1v) is 8.49. The van der Waals surface area contributed by atoms with Crippen LogP contribution in [0.5, 0.6) is 0 Å². The van der Waals surface area contributed by atoms with Crippen molar-refractivity contribution in [2.45, 2.75) is 19.9 Å². The van der Waals surface area contributed by atoms with Gasteiger partial charge in [0.25, 0.3) is 5.91 Å². The zero-order chi connectivity index (χ0) is 18.5. The second-order valence-corrected chi connectivity index (χ2v) is 6.30. The largest absolute Gasteiger partial charge is 0.480 e. The lowest BCUT2D eigenvalue weighted by molar-refractivity contribution is -0.137. The number of benzene rings is 2. The molecule has 0 aromatic heterocycles. The Kier molecular flexibility index (Phi) is 5.31. The number of hydrogen-bond donors (Lipinski definition) is 1. The highest BCUT2D eigenvalue weighted by molar-refractivity contribution is 5.96. The molecule has 0 fully saturated rings. The number of carboxylic acids is 1. The quantitative estimate of drug-likeness (QED) is 0.868. The number of carboxylic acid groups (broad SMARTS) is 1. The predicted octanol–water partition coefficient (Wildman–Crippen LogP) is 3.00. The first kappa shape index (κ1) is 17.7. The minimum Gasteiger partial charge on any atom is -0.480 e. The van der Waals surface area contributed by atoms with Crippen molar-refractivity contribution in [3.63, 3.8) is 0 Å². The summed E-state index contributed by atoms with van der Waals surface area (Å²) >= 11 is 0. The van der Waals surface area contributed by atoms with E-state index in [0.29, 0.717) is 5.56 Å². The van der Waals surface area contributed by atoms with Crippen molar-refractivity contribution >= 4 is 23.3 Å². The average molecular weight is 351 g/mol. The number of carbonyl (C=O) groups excluding carboxylic acids is 1. The Hall–Kier alpha value is -3.15. The molecule has 0 aliphatic carbocycles. The third-order valence-electron chi connectivity index (χ3n) is 4.22. The first-order chi connectivity index (χ1) is 12.5. The van der Waals surface area contributed by atoms with Gasteiger partial charge in [-0.1, -0.05) is 30.3 Å². The molecular weight excluding hydrogens is 330 g/mol. The molecule has 1 aliphatic heterocycles. The molecule has 2 aromatic carbocycles. The fourth-order valence-electron chi connectivity index (χ4n) is 2.89. The van der Waals surface area contributed by atoms with E-state index in [2.05, 4.69) is 5.10 Å². The van der Waals surface area contributed by atoms with Crippen molar-refractivity contribution < 1.29 is 14.7 Å². The molecule has 6 nitrogen and oxygen atoms in total. The van der Waals surface area contributed by atoms with Crippen LogP contribution in [0.3, 0.4) is 0 Å². The van der Waals surface area contributed by atoms with Gasteiger partial charge in [-0.15, -0.1) is 0 Å². The Balaban J connectivity index is 1.76. The lowest BCUT2D eigenvalue weighted by Gasteiger charge is -2.21. The van der Waals surface area contributed by atoms with Crippen molar-refractivity contribution in [1.29, 1.82) is 0 Å². The maximum atomic E-state index is 12.8. The number of rotatable bonds is 6. The smallest absolute Gasteiger partial charge is 0.323 e. The van der Waals surface area contributed by atoms with Gasteiger partial charge < -0.3 is 10.0 Å². The fraction of sp³-hybridized carbons (Fsp3) is 0.250. The Bertz CT molecular complexity index is 816. The molecule has 1 amide bonds. The highest BCUT2D eigenvalue weighted by atomic mass is 16.4. The van der Waals surface area contributed by atoms with E-state index in [4.69, 9.17) is 5.11 Å². The van der Waals surface area contributed by atoms with E-state index in [1.54, 1.807) is 12.1 Å². The average Bonchev–Trinajstić information content (AvgIpc) is 3.08. The number of hydrazone groups is 1. The summed E-state index contributed by atoms with van der Waals surface area (Å²) in [4.78, 5) is 25.3. The third kappa shape index (κ3) is 4.27. The minimum atomic E-state index is -1.03. The van der Waals surface area contributed by atoms with Crippen LogP contribution in [-0.2, 0) is 11.3 Å². The van der Waals surface area contributed by atoms with E-state index < -0.39 is 5.97 Å². The van der Waals surface area contributed by atoms with E-state index in [1.165, 1.54) is 4.90 Å². The standard InChI is InChI=1S/C20H21N3O3/c1-15-11-12-23(21-15)18-9-7-17(8-10-18)20(26)22(14-19(24)25)13-16-5-3-2-4-6-16/h2-10H,11-14H2,1H3,(H,24,25). The van der Waals surface area contributed by atoms with E-state index in [0.717, 1.165) is 29.9 Å². The summed E-state index contributed by atoms with van der Waals surface area (Å²) < 4.78 is 0. The van der Waals surface area contributed by atoms with Crippen molar-refractivity contribution in [3.8, 4) is 0 Å². The van der Waals surface area contributed by atoms with Gasteiger partial charge in [-0.25, -0.2) is 0 Å². The normalized spacial score (nSPS) is 13.4. The Morgan fingerprint density at radius 3 is 2.38 bits per heavy atom. The lowest BCUT2D eigenvalue weighted by Crippen LogP contribution is -2.35. The first-order valence-electron chi connectivity index (χ1n) is 8.49. The van der Waals surface area contributed by atoms with Crippen LogP contribution in [0.4, 0.5) is 5.69 Å². The van der Waals surface area contributed by atoms with Crippen molar-refractivity contribution in [2.75, 3.05) is 18.1 Å². The Morgan fingerprint density at radius 1 is 1.12 bits per heavy atom. The van der Waals surface area contributed by atoms with Gasteiger partial charge in [0.15, 0.2) is 0 Å². The Labute approximate surface area is 152 Å². The van der Waals surface area contributed by atoms with Gasteiger partial charge in [-0.2, -0.15) is 5.10 Å². The zero-order valence-corrected chi connectivity index (χ0v) is 14.6. The Morgan fingerprint density at radius 2 is 1.81 bits per heavy atom. The van der Waals surface area contributed by atoms with E-state index >= 15 is 0 Å². The van der Waals surface area contributed by atoms with Gasteiger partial charge >= 0.3 is 5.97 Å². The molecule has 0 bridgehead atoms. The van der Waals surface area contributed by atoms with E-state index in [-0.39, 0.29) is 19.0 Å². The molecule has 2 aromatic rings. The van der Waals surface area contributed by atoms with Gasteiger partial charge in [-0.05, 0) is 36.8 Å². The third-order valence-corrected chi connectivity index (χ3v) is 4.22. The van der Waals surface area contributed by atoms with Gasteiger partial charge in [0.1, 0.15) is 6.54 Å². The molecule has 0 saturated heterocycles. The summed E-state index contributed by atoms with van der Waals surface area (Å²) in [5.74, 6) is -1.34. The topological polar surface area (TPSA) is 73.2 Å². The monoisotopic (exact) mass is 351 g/mol. The number of amides is 1. The summed E-state index contributed by atoms with van der Waals surface area (Å²) in [6, 6.07) is 16.5. The number of carbonyl (C=O) groups is 2. The maximum absolute atomic E-state index is 12.8. The SMILES string of the molecule is CC1=NN(c2ccc(C(=O)N(CC(=O)O)Cc3ccccc3)cc2)CC1. The second kappa shape index (κ2) is 7.82. The number of anilines is 1. The zero-order valence-electron chi connectivity index (χ0n) is 14.6. The molecule has 6 heteroatoms. The van der Waals surface area contributed by atoms with Gasteiger partial charge in [0.05, 0.1) is 5.69 Å². The van der Waals surface area contributed by atoms with Crippen LogP contribution in [0.15, 0.2) is 59.7 Å². The van der Waals surface area contributed by atoms with Crippen LogP contribution in [0.2, 0.25) is 0 Å². The number of nitrogens with zero attached hydrogens (tertiary/aromatic N) is 3. The molecular formula is C20H21N3O3. The van der Waals surface area contributed by atoms with Crippen LogP contribution >= 0.6 is 0 Å². The number of hydrogen-bond acceptors (Lipinski definition) is 4. The van der Waals surface area contributed by atoms with Gasteiger partial charge in [0.2, 0.25) is 0 Å². The molecule has 3 rings (SSSR count). The van der Waals surface area contributed by atoms with Crippen LogP contribution in [-0.4, -0.2) is 40.7 Å². The molecule has 26 heavy (non-hydrogen) atoms. The highest BCUT2D eigenvalue weighted by Crippen LogP contribution is 2.21. The summed E-state index contributed by atoms with van der Waals surface area (Å²) in [5, 5.41) is 15.5. The fourth-order valence-corrected chi connectivity index (χ4v) is 2.89. The molecule has 0 radical (unpaired) electrons. The van der Waals surface area contributed by atoms with Gasteiger partial charge in [-0.3, -0.25) is 14.6 Å². The van der Waals surface area contributed by atoms with Crippen LogP contribution in [0, 0.1) is 0 Å². The summed E-state index contributed by atoms with van der Waals surface area (Å²) in [5.41, 5.74) is 3.36. The summed E-state index contributed by atoms with van der Waals surface area (Å²) in [7, 11) is 0. The number of aliphatic carboxylic acids is 1. The molecule has 1 aliphatic rings.